The lowest BCUT2D eigenvalue weighted by Gasteiger charge is -2.14. The molecule has 4 heteroatoms. The zero-order valence-electron chi connectivity index (χ0n) is 12.0. The van der Waals surface area contributed by atoms with E-state index in [0.717, 1.165) is 23.6 Å². The predicted molar refractivity (Wildman–Crippen MR) is 76.0 cm³/mol. The number of methoxy groups -OCH3 is 1. The average molecular weight is 259 g/mol. The van der Waals surface area contributed by atoms with E-state index >= 15 is 0 Å². The number of ether oxygens (including phenoxy) is 1. The quantitative estimate of drug-likeness (QED) is 0.827. The van der Waals surface area contributed by atoms with Crippen LogP contribution in [0.4, 0.5) is 0 Å². The first kappa shape index (κ1) is 13.6. The number of benzene rings is 1. The number of nitrogens with zero attached hydrogens (tertiary/aromatic N) is 3. The van der Waals surface area contributed by atoms with Crippen molar-refractivity contribution in [2.24, 2.45) is 11.8 Å². The molecule has 1 aromatic heterocycles. The topological polar surface area (TPSA) is 39.9 Å². The van der Waals surface area contributed by atoms with E-state index in [4.69, 9.17) is 4.74 Å². The third kappa shape index (κ3) is 3.34. The van der Waals surface area contributed by atoms with E-state index in [1.54, 1.807) is 7.11 Å². The van der Waals surface area contributed by atoms with Gasteiger partial charge in [0.05, 0.1) is 13.3 Å². The van der Waals surface area contributed by atoms with E-state index in [-0.39, 0.29) is 0 Å². The second-order valence-electron chi connectivity index (χ2n) is 5.28. The molecule has 0 saturated heterocycles. The van der Waals surface area contributed by atoms with Crippen LogP contribution in [0.2, 0.25) is 0 Å². The molecule has 1 aromatic carbocycles. The Morgan fingerprint density at radius 2 is 2.05 bits per heavy atom. The van der Waals surface area contributed by atoms with Gasteiger partial charge in [-0.15, -0.1) is 5.10 Å². The van der Waals surface area contributed by atoms with E-state index in [1.807, 2.05) is 35.1 Å². The van der Waals surface area contributed by atoms with E-state index in [2.05, 4.69) is 31.1 Å². The van der Waals surface area contributed by atoms with Gasteiger partial charge < -0.3 is 4.74 Å². The fourth-order valence-corrected chi connectivity index (χ4v) is 1.81. The van der Waals surface area contributed by atoms with Crippen molar-refractivity contribution in [3.05, 3.63) is 30.5 Å². The van der Waals surface area contributed by atoms with Crippen LogP contribution in [0.25, 0.3) is 11.3 Å². The van der Waals surface area contributed by atoms with Crippen LogP contribution in [0.3, 0.4) is 0 Å². The van der Waals surface area contributed by atoms with Crippen LogP contribution in [0.5, 0.6) is 5.75 Å². The molecule has 1 heterocycles. The third-order valence-electron chi connectivity index (χ3n) is 3.52. The van der Waals surface area contributed by atoms with E-state index < -0.39 is 0 Å². The molecule has 1 atom stereocenters. The van der Waals surface area contributed by atoms with E-state index in [1.165, 1.54) is 0 Å². The molecule has 2 aromatic rings. The second-order valence-corrected chi connectivity index (χ2v) is 5.28. The minimum atomic E-state index is 0.583. The van der Waals surface area contributed by atoms with Crippen LogP contribution in [0.15, 0.2) is 30.5 Å². The van der Waals surface area contributed by atoms with Gasteiger partial charge in [0.25, 0.3) is 0 Å². The number of hydrogen-bond acceptors (Lipinski definition) is 3. The summed E-state index contributed by atoms with van der Waals surface area (Å²) in [5.74, 6) is 2.06. The first-order valence-electron chi connectivity index (χ1n) is 6.64. The normalized spacial score (nSPS) is 12.7. The minimum absolute atomic E-state index is 0.583. The summed E-state index contributed by atoms with van der Waals surface area (Å²) >= 11 is 0. The lowest BCUT2D eigenvalue weighted by atomic mass is 9.98. The van der Waals surface area contributed by atoms with Gasteiger partial charge in [0.1, 0.15) is 11.4 Å². The molecule has 0 saturated carbocycles. The van der Waals surface area contributed by atoms with E-state index in [9.17, 15) is 0 Å². The van der Waals surface area contributed by atoms with Gasteiger partial charge in [-0.3, -0.25) is 4.68 Å². The first-order valence-corrected chi connectivity index (χ1v) is 6.64. The molecule has 19 heavy (non-hydrogen) atoms. The number of aromatic nitrogens is 3. The smallest absolute Gasteiger partial charge is 0.119 e. The summed E-state index contributed by atoms with van der Waals surface area (Å²) in [6.45, 7) is 7.58. The molecule has 102 valence electrons. The molecular formula is C15H21N3O. The highest BCUT2D eigenvalue weighted by Gasteiger charge is 2.10. The Kier molecular flexibility index (Phi) is 4.20. The van der Waals surface area contributed by atoms with Crippen LogP contribution in [0, 0.1) is 11.8 Å². The van der Waals surface area contributed by atoms with Crippen molar-refractivity contribution in [2.45, 2.75) is 27.3 Å². The summed E-state index contributed by atoms with van der Waals surface area (Å²) in [4.78, 5) is 0. The highest BCUT2D eigenvalue weighted by molar-refractivity contribution is 5.59. The maximum absolute atomic E-state index is 5.22. The van der Waals surface area contributed by atoms with Gasteiger partial charge in [-0.2, -0.15) is 0 Å². The summed E-state index contributed by atoms with van der Waals surface area (Å²) in [5.41, 5.74) is 1.91. The van der Waals surface area contributed by atoms with Gasteiger partial charge in [0.2, 0.25) is 0 Å². The molecule has 0 aliphatic heterocycles. The van der Waals surface area contributed by atoms with Crippen LogP contribution < -0.4 is 4.74 Å². The molecule has 4 nitrogen and oxygen atoms in total. The largest absolute Gasteiger partial charge is 0.497 e. The predicted octanol–water partition coefficient (Wildman–Crippen LogP) is 3.25. The Hall–Kier alpha value is -1.84. The highest BCUT2D eigenvalue weighted by Crippen LogP contribution is 2.22. The molecule has 0 spiro atoms. The summed E-state index contributed by atoms with van der Waals surface area (Å²) in [6.07, 6.45) is 1.99. The van der Waals surface area contributed by atoms with Gasteiger partial charge in [-0.1, -0.05) is 38.1 Å². The average Bonchev–Trinajstić information content (AvgIpc) is 2.87. The molecule has 0 fully saturated rings. The van der Waals surface area contributed by atoms with Crippen molar-refractivity contribution in [2.75, 3.05) is 7.11 Å². The van der Waals surface area contributed by atoms with Crippen LogP contribution in [-0.4, -0.2) is 22.1 Å². The van der Waals surface area contributed by atoms with Gasteiger partial charge in [-0.25, -0.2) is 0 Å². The van der Waals surface area contributed by atoms with Gasteiger partial charge in [0, 0.05) is 12.1 Å². The molecule has 0 bridgehead atoms. The fourth-order valence-electron chi connectivity index (χ4n) is 1.81. The summed E-state index contributed by atoms with van der Waals surface area (Å²) in [6, 6.07) is 7.88. The SMILES string of the molecule is COc1cccc(-c2cn(CC(C)C(C)C)nn2)c1. The van der Waals surface area contributed by atoms with Crippen molar-refractivity contribution in [1.82, 2.24) is 15.0 Å². The zero-order valence-corrected chi connectivity index (χ0v) is 12.0. The maximum Gasteiger partial charge on any atom is 0.119 e. The van der Waals surface area contributed by atoms with Gasteiger partial charge in [0.15, 0.2) is 0 Å². The molecule has 0 radical (unpaired) electrons. The minimum Gasteiger partial charge on any atom is -0.497 e. The monoisotopic (exact) mass is 259 g/mol. The van der Waals surface area contributed by atoms with Crippen LogP contribution >= 0.6 is 0 Å². The standard InChI is InChI=1S/C15H21N3O/c1-11(2)12(3)9-18-10-15(16-17-18)13-6-5-7-14(8-13)19-4/h5-8,10-12H,9H2,1-4H3. The lowest BCUT2D eigenvalue weighted by molar-refractivity contribution is 0.345. The fraction of sp³-hybridized carbons (Fsp3) is 0.467. The number of rotatable bonds is 5. The Balaban J connectivity index is 2.16. The highest BCUT2D eigenvalue weighted by atomic mass is 16.5. The third-order valence-corrected chi connectivity index (χ3v) is 3.52. The van der Waals surface area contributed by atoms with Crippen molar-refractivity contribution in [1.29, 1.82) is 0 Å². The lowest BCUT2D eigenvalue weighted by Crippen LogP contribution is -2.13. The molecule has 2 rings (SSSR count). The zero-order chi connectivity index (χ0) is 13.8. The van der Waals surface area contributed by atoms with Crippen molar-refractivity contribution in [3.63, 3.8) is 0 Å². The van der Waals surface area contributed by atoms with Crippen molar-refractivity contribution >= 4 is 0 Å². The Bertz CT molecular complexity index is 534. The summed E-state index contributed by atoms with van der Waals surface area (Å²) < 4.78 is 7.14. The summed E-state index contributed by atoms with van der Waals surface area (Å²) in [7, 11) is 1.67. The van der Waals surface area contributed by atoms with Gasteiger partial charge in [-0.05, 0) is 24.0 Å². The Labute approximate surface area is 114 Å². The molecule has 0 N–H and O–H groups in total. The number of hydrogen-bond donors (Lipinski definition) is 0. The Morgan fingerprint density at radius 1 is 1.26 bits per heavy atom. The molecule has 0 amide bonds. The molecule has 0 aliphatic carbocycles. The van der Waals surface area contributed by atoms with Crippen molar-refractivity contribution < 1.29 is 4.74 Å². The van der Waals surface area contributed by atoms with Crippen LogP contribution in [0.1, 0.15) is 20.8 Å². The van der Waals surface area contributed by atoms with Crippen molar-refractivity contribution in [3.8, 4) is 17.0 Å². The molecule has 0 aliphatic rings. The Morgan fingerprint density at radius 3 is 2.74 bits per heavy atom. The van der Waals surface area contributed by atoms with Crippen LogP contribution in [-0.2, 0) is 6.54 Å². The first-order chi connectivity index (χ1) is 9.10. The maximum atomic E-state index is 5.22. The second kappa shape index (κ2) is 5.87. The molecular weight excluding hydrogens is 238 g/mol. The molecule has 1 unspecified atom stereocenters. The van der Waals surface area contributed by atoms with E-state index in [0.29, 0.717) is 11.8 Å². The van der Waals surface area contributed by atoms with Gasteiger partial charge >= 0.3 is 0 Å². The summed E-state index contributed by atoms with van der Waals surface area (Å²) in [5, 5.41) is 8.43.